The predicted octanol–water partition coefficient (Wildman–Crippen LogP) is 3.17. The van der Waals surface area contributed by atoms with Crippen LogP contribution < -0.4 is 9.80 Å². The Morgan fingerprint density at radius 3 is 2.44 bits per heavy atom. The lowest BCUT2D eigenvalue weighted by Crippen LogP contribution is -2.38. The van der Waals surface area contributed by atoms with Crippen LogP contribution in [-0.4, -0.2) is 43.9 Å². The van der Waals surface area contributed by atoms with Crippen LogP contribution in [-0.2, 0) is 16.0 Å². The molecule has 1 N–H and O–H groups in total. The fraction of sp³-hybridized carbons (Fsp3) is 0.529. The van der Waals surface area contributed by atoms with E-state index >= 15 is 0 Å². The highest BCUT2D eigenvalue weighted by Gasteiger charge is 2.39. The van der Waals surface area contributed by atoms with Crippen LogP contribution in [0.2, 0.25) is 0 Å². The van der Waals surface area contributed by atoms with E-state index in [1.807, 2.05) is 0 Å². The lowest BCUT2D eigenvalue weighted by Gasteiger charge is -2.31. The Labute approximate surface area is 145 Å². The summed E-state index contributed by atoms with van der Waals surface area (Å²) in [7, 11) is 3.19. The number of carbonyl (C=O) groups is 2. The Bertz CT molecular complexity index is 675. The Hall–Kier alpha value is -2.38. The van der Waals surface area contributed by atoms with Crippen LogP contribution in [0.5, 0.6) is 0 Å². The molecule has 6 nitrogen and oxygen atoms in total. The monoisotopic (exact) mass is 356 g/mol. The number of fused-ring (bicyclic) bond motifs is 1. The fourth-order valence-electron chi connectivity index (χ4n) is 2.84. The molecule has 0 bridgehead atoms. The molecule has 3 rings (SSSR count). The summed E-state index contributed by atoms with van der Waals surface area (Å²) in [5.74, 6) is -1.23. The molecule has 1 aliphatic heterocycles. The third-order valence-corrected chi connectivity index (χ3v) is 3.99. The SMILES string of the molecule is CCOC(=O)O.CN(C)c1c(F)cc2c(c1F)N(C1CC1)C(=O)CC2. The summed E-state index contributed by atoms with van der Waals surface area (Å²) in [6.07, 6.45) is 1.35. The minimum atomic E-state index is -1.21. The van der Waals surface area contributed by atoms with Crippen molar-refractivity contribution >= 4 is 23.4 Å². The molecule has 0 spiro atoms. The summed E-state index contributed by atoms with van der Waals surface area (Å²) in [4.78, 5) is 24.3. The number of aryl methyl sites for hydroxylation is 1. The van der Waals surface area contributed by atoms with Crippen LogP contribution in [0.4, 0.5) is 25.0 Å². The standard InChI is InChI=1S/C14H16F2N2O.C3H6O3/c1-17(2)14-10(15)7-8-3-6-11(19)18(9-4-5-9)13(8)12(14)16;1-2-6-3(4)5/h7,9H,3-6H2,1-2H3;2H2,1H3,(H,4,5). The van der Waals surface area contributed by atoms with Gasteiger partial charge in [0, 0.05) is 26.6 Å². The van der Waals surface area contributed by atoms with Crippen molar-refractivity contribution in [1.29, 1.82) is 0 Å². The number of carbonyl (C=O) groups excluding carboxylic acids is 1. The van der Waals surface area contributed by atoms with E-state index in [4.69, 9.17) is 5.11 Å². The molecule has 1 heterocycles. The number of hydrogen-bond donors (Lipinski definition) is 1. The summed E-state index contributed by atoms with van der Waals surface area (Å²) in [6.45, 7) is 1.85. The molecule has 1 aromatic carbocycles. The molecule has 1 aromatic rings. The van der Waals surface area contributed by atoms with Gasteiger partial charge in [0.2, 0.25) is 5.91 Å². The van der Waals surface area contributed by atoms with Crippen molar-refractivity contribution < 1.29 is 28.2 Å². The van der Waals surface area contributed by atoms with Gasteiger partial charge in [0.05, 0.1) is 12.3 Å². The van der Waals surface area contributed by atoms with Gasteiger partial charge in [-0.1, -0.05) is 0 Å². The van der Waals surface area contributed by atoms with Crippen LogP contribution in [0.15, 0.2) is 6.07 Å². The quantitative estimate of drug-likeness (QED) is 0.843. The second kappa shape index (κ2) is 7.67. The summed E-state index contributed by atoms with van der Waals surface area (Å²) in [5.41, 5.74) is 0.829. The number of ether oxygens (including phenoxy) is 1. The summed E-state index contributed by atoms with van der Waals surface area (Å²) >= 11 is 0. The Morgan fingerprint density at radius 2 is 2.00 bits per heavy atom. The van der Waals surface area contributed by atoms with Gasteiger partial charge in [0.25, 0.3) is 0 Å². The van der Waals surface area contributed by atoms with Gasteiger partial charge in [0.15, 0.2) is 5.82 Å². The molecule has 2 aliphatic rings. The van der Waals surface area contributed by atoms with Crippen molar-refractivity contribution in [2.45, 2.75) is 38.6 Å². The zero-order valence-corrected chi connectivity index (χ0v) is 14.5. The molecule has 8 heteroatoms. The Morgan fingerprint density at radius 1 is 1.36 bits per heavy atom. The third kappa shape index (κ3) is 4.18. The fourth-order valence-corrected chi connectivity index (χ4v) is 2.84. The predicted molar refractivity (Wildman–Crippen MR) is 89.2 cm³/mol. The number of rotatable bonds is 3. The number of carboxylic acid groups (broad SMARTS) is 1. The number of benzene rings is 1. The average molecular weight is 356 g/mol. The number of anilines is 2. The number of amides is 1. The van der Waals surface area contributed by atoms with E-state index in [0.717, 1.165) is 12.8 Å². The van der Waals surface area contributed by atoms with E-state index in [2.05, 4.69) is 4.74 Å². The van der Waals surface area contributed by atoms with Crippen molar-refractivity contribution in [1.82, 2.24) is 0 Å². The molecule has 0 aromatic heterocycles. The molecule has 25 heavy (non-hydrogen) atoms. The van der Waals surface area contributed by atoms with Gasteiger partial charge in [0.1, 0.15) is 11.5 Å². The first kappa shape index (κ1) is 19.0. The molecule has 0 radical (unpaired) electrons. The van der Waals surface area contributed by atoms with Crippen molar-refractivity contribution in [3.8, 4) is 0 Å². The molecule has 1 saturated carbocycles. The molecule has 1 amide bonds. The first-order chi connectivity index (χ1) is 11.8. The number of hydrogen-bond acceptors (Lipinski definition) is 4. The highest BCUT2D eigenvalue weighted by molar-refractivity contribution is 5.98. The summed E-state index contributed by atoms with van der Waals surface area (Å²) in [6, 6.07) is 1.47. The topological polar surface area (TPSA) is 70.1 Å². The highest BCUT2D eigenvalue weighted by atomic mass is 19.1. The Kier molecular flexibility index (Phi) is 5.81. The van der Waals surface area contributed by atoms with Crippen molar-refractivity contribution in [2.75, 3.05) is 30.5 Å². The lowest BCUT2D eigenvalue weighted by molar-refractivity contribution is -0.119. The minimum absolute atomic E-state index is 0.0507. The summed E-state index contributed by atoms with van der Waals surface area (Å²) < 4.78 is 32.5. The first-order valence-corrected chi connectivity index (χ1v) is 8.13. The lowest BCUT2D eigenvalue weighted by atomic mass is 9.99. The van der Waals surface area contributed by atoms with Crippen molar-refractivity contribution in [3.05, 3.63) is 23.3 Å². The van der Waals surface area contributed by atoms with Gasteiger partial charge in [-0.15, -0.1) is 0 Å². The van der Waals surface area contributed by atoms with Gasteiger partial charge in [-0.25, -0.2) is 13.6 Å². The van der Waals surface area contributed by atoms with Gasteiger partial charge < -0.3 is 19.6 Å². The molecule has 138 valence electrons. The molecule has 0 unspecified atom stereocenters. The molecule has 0 saturated heterocycles. The van der Waals surface area contributed by atoms with Crippen LogP contribution in [0.1, 0.15) is 31.7 Å². The number of halogens is 2. The zero-order chi connectivity index (χ0) is 18.7. The molecule has 1 aliphatic carbocycles. The third-order valence-electron chi connectivity index (χ3n) is 3.99. The van der Waals surface area contributed by atoms with Crippen LogP contribution in [0.3, 0.4) is 0 Å². The second-order valence-corrected chi connectivity index (χ2v) is 6.12. The van der Waals surface area contributed by atoms with Crippen molar-refractivity contribution in [2.24, 2.45) is 0 Å². The molecule has 0 atom stereocenters. The first-order valence-electron chi connectivity index (χ1n) is 8.13. The smallest absolute Gasteiger partial charge is 0.450 e. The maximum Gasteiger partial charge on any atom is 0.505 e. The van der Waals surface area contributed by atoms with Crippen LogP contribution >= 0.6 is 0 Å². The van der Waals surface area contributed by atoms with E-state index < -0.39 is 17.8 Å². The van der Waals surface area contributed by atoms with E-state index in [1.54, 1.807) is 25.9 Å². The van der Waals surface area contributed by atoms with Gasteiger partial charge in [-0.05, 0) is 37.8 Å². The van der Waals surface area contributed by atoms with Gasteiger partial charge >= 0.3 is 6.16 Å². The molecular weight excluding hydrogens is 334 g/mol. The van der Waals surface area contributed by atoms with E-state index in [9.17, 15) is 18.4 Å². The maximum atomic E-state index is 14.6. The van der Waals surface area contributed by atoms with E-state index in [1.165, 1.54) is 11.0 Å². The van der Waals surface area contributed by atoms with E-state index in [-0.39, 0.29) is 24.2 Å². The average Bonchev–Trinajstić information content (AvgIpc) is 3.32. The van der Waals surface area contributed by atoms with Crippen LogP contribution in [0, 0.1) is 11.6 Å². The maximum absolute atomic E-state index is 14.6. The minimum Gasteiger partial charge on any atom is -0.450 e. The highest BCUT2D eigenvalue weighted by Crippen LogP contribution is 2.42. The van der Waals surface area contributed by atoms with E-state index in [0.29, 0.717) is 24.1 Å². The van der Waals surface area contributed by atoms with Crippen molar-refractivity contribution in [3.63, 3.8) is 0 Å². The largest absolute Gasteiger partial charge is 0.505 e. The van der Waals surface area contributed by atoms with Gasteiger partial charge in [-0.2, -0.15) is 0 Å². The molecule has 1 fully saturated rings. The second-order valence-electron chi connectivity index (χ2n) is 6.12. The zero-order valence-electron chi connectivity index (χ0n) is 14.5. The normalized spacial score (nSPS) is 15.9. The number of nitrogens with zero attached hydrogens (tertiary/aromatic N) is 2. The van der Waals surface area contributed by atoms with Crippen LogP contribution in [0.25, 0.3) is 0 Å². The Balaban J connectivity index is 0.000000326. The summed E-state index contributed by atoms with van der Waals surface area (Å²) in [5, 5.41) is 7.69. The van der Waals surface area contributed by atoms with Gasteiger partial charge in [-0.3, -0.25) is 4.79 Å². The molecular formula is C17H22F2N2O4.